The Bertz CT molecular complexity index is 792. The predicted molar refractivity (Wildman–Crippen MR) is 79.6 cm³/mol. The van der Waals surface area contributed by atoms with Crippen LogP contribution < -0.4 is 9.47 Å². The van der Waals surface area contributed by atoms with Crippen LogP contribution in [-0.4, -0.2) is 11.1 Å². The van der Waals surface area contributed by atoms with Crippen molar-refractivity contribution in [2.45, 2.75) is 0 Å². The molecule has 104 valence electrons. The lowest BCUT2D eigenvalue weighted by Gasteiger charge is -2.12. The molecule has 0 heterocycles. The lowest BCUT2D eigenvalue weighted by molar-refractivity contribution is 0.0694. The molecule has 2 aromatic carbocycles. The third-order valence-electron chi connectivity index (χ3n) is 2.72. The molecular formula is C17H12O4. The van der Waals surface area contributed by atoms with E-state index in [0.717, 1.165) is 0 Å². The van der Waals surface area contributed by atoms with Crippen molar-refractivity contribution in [3.05, 3.63) is 73.0 Å². The summed E-state index contributed by atoms with van der Waals surface area (Å²) in [5, 5.41) is 10.7. The summed E-state index contributed by atoms with van der Waals surface area (Å²) in [6, 6.07) is 8.55. The largest absolute Gasteiger partial charge is 0.478 e. The second kappa shape index (κ2) is 6.31. The summed E-state index contributed by atoms with van der Waals surface area (Å²) in [4.78, 5) is 11.4. The van der Waals surface area contributed by atoms with Gasteiger partial charge in [0.15, 0.2) is 0 Å². The van der Waals surface area contributed by atoms with E-state index >= 15 is 0 Å². The zero-order valence-corrected chi connectivity index (χ0v) is 11.1. The fourth-order valence-electron chi connectivity index (χ4n) is 1.90. The SMILES string of the molecule is C=C=COc1cc(C(=O)O)c(OC=C=C)c2ccccc12. The number of fused-ring (bicyclic) bond motifs is 1. The number of aromatic carboxylic acids is 1. The van der Waals surface area contributed by atoms with Crippen molar-refractivity contribution in [1.29, 1.82) is 0 Å². The minimum atomic E-state index is -1.12. The molecule has 2 aromatic rings. The Morgan fingerprint density at radius 3 is 2.33 bits per heavy atom. The van der Waals surface area contributed by atoms with Gasteiger partial charge in [0.25, 0.3) is 0 Å². The van der Waals surface area contributed by atoms with E-state index in [4.69, 9.17) is 9.47 Å². The number of carboxylic acid groups (broad SMARTS) is 1. The lowest BCUT2D eigenvalue weighted by atomic mass is 10.0. The van der Waals surface area contributed by atoms with Crippen LogP contribution in [0.2, 0.25) is 0 Å². The average Bonchev–Trinajstić information content (AvgIpc) is 2.50. The van der Waals surface area contributed by atoms with Crippen LogP contribution in [0, 0.1) is 0 Å². The van der Waals surface area contributed by atoms with Gasteiger partial charge in [-0.2, -0.15) is 0 Å². The van der Waals surface area contributed by atoms with Crippen LogP contribution in [0.4, 0.5) is 0 Å². The number of benzene rings is 2. The van der Waals surface area contributed by atoms with E-state index < -0.39 is 5.97 Å². The molecule has 2 rings (SSSR count). The van der Waals surface area contributed by atoms with Crippen LogP contribution in [0.1, 0.15) is 10.4 Å². The third-order valence-corrected chi connectivity index (χ3v) is 2.72. The molecule has 0 unspecified atom stereocenters. The van der Waals surface area contributed by atoms with Crippen molar-refractivity contribution < 1.29 is 19.4 Å². The van der Waals surface area contributed by atoms with Crippen LogP contribution in [0.15, 0.2) is 67.5 Å². The van der Waals surface area contributed by atoms with Crippen LogP contribution in [0.25, 0.3) is 10.8 Å². The third kappa shape index (κ3) is 2.88. The van der Waals surface area contributed by atoms with E-state index in [-0.39, 0.29) is 11.3 Å². The molecule has 0 radical (unpaired) electrons. The summed E-state index contributed by atoms with van der Waals surface area (Å²) >= 11 is 0. The number of carboxylic acids is 1. The average molecular weight is 280 g/mol. The molecule has 0 aliphatic heterocycles. The van der Waals surface area contributed by atoms with Gasteiger partial charge in [-0.15, -0.1) is 0 Å². The minimum absolute atomic E-state index is 0.0207. The van der Waals surface area contributed by atoms with Gasteiger partial charge >= 0.3 is 5.97 Å². The quantitative estimate of drug-likeness (QED) is 0.666. The van der Waals surface area contributed by atoms with E-state index in [2.05, 4.69) is 24.6 Å². The first-order chi connectivity index (χ1) is 10.2. The molecule has 0 aromatic heterocycles. The zero-order chi connectivity index (χ0) is 15.2. The molecule has 0 saturated carbocycles. The molecule has 0 atom stereocenters. The van der Waals surface area contributed by atoms with E-state index in [9.17, 15) is 9.90 Å². The number of rotatable bonds is 5. The monoisotopic (exact) mass is 280 g/mol. The van der Waals surface area contributed by atoms with Crippen molar-refractivity contribution >= 4 is 16.7 Å². The zero-order valence-electron chi connectivity index (χ0n) is 11.1. The Morgan fingerprint density at radius 2 is 1.71 bits per heavy atom. The van der Waals surface area contributed by atoms with Crippen LogP contribution in [-0.2, 0) is 0 Å². The Hall–Kier alpha value is -3.19. The highest BCUT2D eigenvalue weighted by Crippen LogP contribution is 2.37. The van der Waals surface area contributed by atoms with Gasteiger partial charge in [-0.1, -0.05) is 48.9 Å². The molecule has 0 saturated heterocycles. The second-order valence-electron chi connectivity index (χ2n) is 3.98. The lowest BCUT2D eigenvalue weighted by Crippen LogP contribution is -2.02. The normalized spacial score (nSPS) is 9.33. The summed E-state index contributed by atoms with van der Waals surface area (Å²) in [6.45, 7) is 6.80. The van der Waals surface area contributed by atoms with Crippen molar-refractivity contribution in [2.24, 2.45) is 0 Å². The summed E-state index contributed by atoms with van der Waals surface area (Å²) in [5.41, 5.74) is 4.91. The molecule has 0 fully saturated rings. The van der Waals surface area contributed by atoms with E-state index in [0.29, 0.717) is 16.5 Å². The first kappa shape index (κ1) is 14.2. The smallest absolute Gasteiger partial charge is 0.339 e. The predicted octanol–water partition coefficient (Wildman–Crippen LogP) is 3.89. The molecule has 0 spiro atoms. The molecule has 0 amide bonds. The molecule has 21 heavy (non-hydrogen) atoms. The first-order valence-corrected chi connectivity index (χ1v) is 6.00. The Kier molecular flexibility index (Phi) is 4.27. The van der Waals surface area contributed by atoms with Crippen molar-refractivity contribution in [3.8, 4) is 11.5 Å². The maximum Gasteiger partial charge on any atom is 0.339 e. The van der Waals surface area contributed by atoms with Gasteiger partial charge in [-0.3, -0.25) is 0 Å². The van der Waals surface area contributed by atoms with Gasteiger partial charge < -0.3 is 14.6 Å². The number of carbonyl (C=O) groups is 1. The minimum Gasteiger partial charge on any atom is -0.478 e. The van der Waals surface area contributed by atoms with Crippen LogP contribution >= 0.6 is 0 Å². The van der Waals surface area contributed by atoms with Gasteiger partial charge in [0.05, 0.1) is 0 Å². The highest BCUT2D eigenvalue weighted by Gasteiger charge is 2.18. The number of hydrogen-bond donors (Lipinski definition) is 1. The molecule has 4 heteroatoms. The van der Waals surface area contributed by atoms with Crippen LogP contribution in [0.3, 0.4) is 0 Å². The summed E-state index contributed by atoms with van der Waals surface area (Å²) in [6.07, 6.45) is 2.47. The number of ether oxygens (including phenoxy) is 2. The molecule has 0 bridgehead atoms. The van der Waals surface area contributed by atoms with Gasteiger partial charge in [-0.25, -0.2) is 4.79 Å². The maximum atomic E-state index is 11.4. The van der Waals surface area contributed by atoms with Crippen LogP contribution in [0.5, 0.6) is 11.5 Å². The molecule has 1 N–H and O–H groups in total. The van der Waals surface area contributed by atoms with E-state index in [1.807, 2.05) is 6.07 Å². The highest BCUT2D eigenvalue weighted by atomic mass is 16.5. The van der Waals surface area contributed by atoms with Gasteiger partial charge in [0.2, 0.25) is 0 Å². The standard InChI is InChI=1S/C17H12O4/c1-3-9-20-15-11-14(17(18)19)16(21-10-4-2)13-8-6-5-7-12(13)15/h5-11H,1-2H2,(H,18,19). The van der Waals surface area contributed by atoms with Gasteiger partial charge in [0.1, 0.15) is 29.6 Å². The summed E-state index contributed by atoms with van der Waals surface area (Å²) < 4.78 is 10.7. The molecule has 0 aliphatic carbocycles. The van der Waals surface area contributed by atoms with Crippen molar-refractivity contribution in [1.82, 2.24) is 0 Å². The summed E-state index contributed by atoms with van der Waals surface area (Å²) in [7, 11) is 0. The number of hydrogen-bond acceptors (Lipinski definition) is 3. The van der Waals surface area contributed by atoms with Crippen molar-refractivity contribution in [2.75, 3.05) is 0 Å². The Labute approximate surface area is 121 Å². The van der Waals surface area contributed by atoms with E-state index in [1.165, 1.54) is 18.6 Å². The molecule has 0 aliphatic rings. The maximum absolute atomic E-state index is 11.4. The van der Waals surface area contributed by atoms with E-state index in [1.54, 1.807) is 18.2 Å². The topological polar surface area (TPSA) is 55.8 Å². The van der Waals surface area contributed by atoms with Gasteiger partial charge in [-0.05, 0) is 6.07 Å². The molecular weight excluding hydrogens is 268 g/mol. The van der Waals surface area contributed by atoms with Gasteiger partial charge in [0, 0.05) is 10.8 Å². The molecule has 4 nitrogen and oxygen atoms in total. The Balaban J connectivity index is 2.80. The summed E-state index contributed by atoms with van der Waals surface area (Å²) in [5.74, 6) is -0.529. The fourth-order valence-corrected chi connectivity index (χ4v) is 1.90. The Morgan fingerprint density at radius 1 is 1.10 bits per heavy atom. The van der Waals surface area contributed by atoms with Crippen molar-refractivity contribution in [3.63, 3.8) is 0 Å². The first-order valence-electron chi connectivity index (χ1n) is 6.00. The fraction of sp³-hybridized carbons (Fsp3) is 0. The highest BCUT2D eigenvalue weighted by molar-refractivity contribution is 6.03. The second-order valence-corrected chi connectivity index (χ2v) is 3.98.